The smallest absolute Gasteiger partial charge is 0.164 e. The molecule has 0 fully saturated rings. The van der Waals surface area contributed by atoms with Crippen molar-refractivity contribution in [2.45, 2.75) is 26.9 Å². The standard InChI is InChI=1S/C13H16BrClN4/c1-8(2)7-19-12(6-16)17-18-13(19)9-3-10(14)5-11(15)4-9/h3-5,8H,6-7,16H2,1-2H3. The van der Waals surface area contributed by atoms with Crippen molar-refractivity contribution in [3.05, 3.63) is 33.5 Å². The maximum atomic E-state index is 6.09. The fourth-order valence-corrected chi connectivity index (χ4v) is 2.80. The molecule has 4 nitrogen and oxygen atoms in total. The molecule has 1 aromatic heterocycles. The quantitative estimate of drug-likeness (QED) is 0.924. The van der Waals surface area contributed by atoms with E-state index < -0.39 is 0 Å². The van der Waals surface area contributed by atoms with Crippen molar-refractivity contribution < 1.29 is 0 Å². The first-order chi connectivity index (χ1) is 9.01. The number of benzene rings is 1. The van der Waals surface area contributed by atoms with Gasteiger partial charge in [0.2, 0.25) is 0 Å². The molecule has 2 N–H and O–H groups in total. The summed E-state index contributed by atoms with van der Waals surface area (Å²) in [6, 6.07) is 5.71. The molecule has 0 atom stereocenters. The molecule has 0 saturated heterocycles. The molecule has 0 bridgehead atoms. The van der Waals surface area contributed by atoms with Crippen molar-refractivity contribution in [2.24, 2.45) is 11.7 Å². The Morgan fingerprint density at radius 2 is 2.05 bits per heavy atom. The highest BCUT2D eigenvalue weighted by molar-refractivity contribution is 9.10. The van der Waals surface area contributed by atoms with Crippen LogP contribution in [0.15, 0.2) is 22.7 Å². The molecular formula is C13H16BrClN4. The van der Waals surface area contributed by atoms with Crippen LogP contribution < -0.4 is 5.73 Å². The lowest BCUT2D eigenvalue weighted by Crippen LogP contribution is -2.13. The second-order valence-corrected chi connectivity index (χ2v) is 6.16. The Labute approximate surface area is 126 Å². The van der Waals surface area contributed by atoms with Crippen molar-refractivity contribution in [1.29, 1.82) is 0 Å². The molecule has 0 saturated carbocycles. The number of aromatic nitrogens is 3. The van der Waals surface area contributed by atoms with Gasteiger partial charge in [-0.1, -0.05) is 41.4 Å². The van der Waals surface area contributed by atoms with Crippen LogP contribution in [0.4, 0.5) is 0 Å². The van der Waals surface area contributed by atoms with Crippen LogP contribution in [0.3, 0.4) is 0 Å². The SMILES string of the molecule is CC(C)Cn1c(CN)nnc1-c1cc(Cl)cc(Br)c1. The lowest BCUT2D eigenvalue weighted by atomic mass is 10.2. The molecule has 6 heteroatoms. The molecule has 0 aliphatic rings. The van der Waals surface area contributed by atoms with Crippen LogP contribution in [0.5, 0.6) is 0 Å². The molecule has 0 unspecified atom stereocenters. The highest BCUT2D eigenvalue weighted by atomic mass is 79.9. The minimum atomic E-state index is 0.376. The third-order valence-corrected chi connectivity index (χ3v) is 3.35. The van der Waals surface area contributed by atoms with Gasteiger partial charge in [0.1, 0.15) is 5.82 Å². The number of nitrogens with zero attached hydrogens (tertiary/aromatic N) is 3. The van der Waals surface area contributed by atoms with E-state index in [2.05, 4.69) is 44.5 Å². The lowest BCUT2D eigenvalue weighted by Gasteiger charge is -2.12. The number of hydrogen-bond donors (Lipinski definition) is 1. The third-order valence-electron chi connectivity index (χ3n) is 2.68. The number of hydrogen-bond acceptors (Lipinski definition) is 3. The van der Waals surface area contributed by atoms with E-state index in [0.717, 1.165) is 28.2 Å². The van der Waals surface area contributed by atoms with E-state index in [0.29, 0.717) is 17.5 Å². The summed E-state index contributed by atoms with van der Waals surface area (Å²) in [5.74, 6) is 2.08. The van der Waals surface area contributed by atoms with Gasteiger partial charge in [0.05, 0.1) is 6.54 Å². The predicted molar refractivity (Wildman–Crippen MR) is 80.9 cm³/mol. The zero-order valence-corrected chi connectivity index (χ0v) is 13.2. The van der Waals surface area contributed by atoms with Crippen molar-refractivity contribution in [3.63, 3.8) is 0 Å². The largest absolute Gasteiger partial charge is 0.324 e. The van der Waals surface area contributed by atoms with E-state index in [-0.39, 0.29) is 0 Å². The van der Waals surface area contributed by atoms with Gasteiger partial charge in [0.25, 0.3) is 0 Å². The van der Waals surface area contributed by atoms with Crippen LogP contribution in [0.2, 0.25) is 5.02 Å². The fourth-order valence-electron chi connectivity index (χ4n) is 1.94. The Bertz CT molecular complexity index is 560. The molecule has 1 heterocycles. The Kier molecular flexibility index (Phi) is 4.60. The molecule has 19 heavy (non-hydrogen) atoms. The van der Waals surface area contributed by atoms with Crippen LogP contribution in [0.1, 0.15) is 19.7 Å². The summed E-state index contributed by atoms with van der Waals surface area (Å²) in [5.41, 5.74) is 6.66. The fraction of sp³-hybridized carbons (Fsp3) is 0.385. The minimum Gasteiger partial charge on any atom is -0.324 e. The van der Waals surface area contributed by atoms with Crippen LogP contribution >= 0.6 is 27.5 Å². The molecule has 2 aromatic rings. The first kappa shape index (κ1) is 14.5. The highest BCUT2D eigenvalue weighted by Crippen LogP contribution is 2.27. The van der Waals surface area contributed by atoms with Gasteiger partial charge in [-0.05, 0) is 24.1 Å². The third kappa shape index (κ3) is 3.35. The zero-order valence-electron chi connectivity index (χ0n) is 10.9. The first-order valence-corrected chi connectivity index (χ1v) is 7.27. The Morgan fingerprint density at radius 1 is 1.32 bits per heavy atom. The van der Waals surface area contributed by atoms with Crippen LogP contribution in [-0.2, 0) is 13.1 Å². The predicted octanol–water partition coefficient (Wildman–Crippen LogP) is 3.48. The van der Waals surface area contributed by atoms with E-state index >= 15 is 0 Å². The maximum Gasteiger partial charge on any atom is 0.164 e. The number of nitrogens with two attached hydrogens (primary N) is 1. The van der Waals surface area contributed by atoms with E-state index in [1.807, 2.05) is 18.2 Å². The summed E-state index contributed by atoms with van der Waals surface area (Å²) in [5, 5.41) is 9.06. The zero-order chi connectivity index (χ0) is 14.0. The molecule has 0 amide bonds. The number of rotatable bonds is 4. The highest BCUT2D eigenvalue weighted by Gasteiger charge is 2.14. The van der Waals surface area contributed by atoms with Gasteiger partial charge in [0, 0.05) is 21.6 Å². The van der Waals surface area contributed by atoms with Crippen LogP contribution in [-0.4, -0.2) is 14.8 Å². The molecule has 0 spiro atoms. The minimum absolute atomic E-state index is 0.376. The van der Waals surface area contributed by atoms with E-state index in [1.165, 1.54) is 0 Å². The summed E-state index contributed by atoms with van der Waals surface area (Å²) in [6.45, 7) is 5.51. The summed E-state index contributed by atoms with van der Waals surface area (Å²) in [6.07, 6.45) is 0. The normalized spacial score (nSPS) is 11.3. The van der Waals surface area contributed by atoms with Crippen LogP contribution in [0, 0.1) is 5.92 Å². The molecule has 0 radical (unpaired) electrons. The Hall–Kier alpha value is -0.910. The van der Waals surface area contributed by atoms with Gasteiger partial charge >= 0.3 is 0 Å². The molecule has 0 aliphatic carbocycles. The maximum absolute atomic E-state index is 6.09. The second kappa shape index (κ2) is 6.03. The summed E-state index contributed by atoms with van der Waals surface area (Å²) in [7, 11) is 0. The van der Waals surface area contributed by atoms with Gasteiger partial charge < -0.3 is 10.3 Å². The molecule has 2 rings (SSSR count). The van der Waals surface area contributed by atoms with E-state index in [9.17, 15) is 0 Å². The van der Waals surface area contributed by atoms with Crippen LogP contribution in [0.25, 0.3) is 11.4 Å². The van der Waals surface area contributed by atoms with Crippen molar-refractivity contribution >= 4 is 27.5 Å². The summed E-state index contributed by atoms with van der Waals surface area (Å²) >= 11 is 9.53. The van der Waals surface area contributed by atoms with Gasteiger partial charge in [-0.25, -0.2) is 0 Å². The van der Waals surface area contributed by atoms with Gasteiger partial charge in [-0.15, -0.1) is 10.2 Å². The van der Waals surface area contributed by atoms with E-state index in [1.54, 1.807) is 0 Å². The first-order valence-electron chi connectivity index (χ1n) is 6.10. The van der Waals surface area contributed by atoms with Crippen molar-refractivity contribution in [3.8, 4) is 11.4 Å². The van der Waals surface area contributed by atoms with Gasteiger partial charge in [-0.2, -0.15) is 0 Å². The monoisotopic (exact) mass is 342 g/mol. The topological polar surface area (TPSA) is 56.7 Å². The average Bonchev–Trinajstić information content (AvgIpc) is 2.69. The molecule has 102 valence electrons. The summed E-state index contributed by atoms with van der Waals surface area (Å²) in [4.78, 5) is 0. The molecule has 0 aliphatic heterocycles. The lowest BCUT2D eigenvalue weighted by molar-refractivity contribution is 0.510. The second-order valence-electron chi connectivity index (χ2n) is 4.81. The van der Waals surface area contributed by atoms with Crippen molar-refractivity contribution in [2.75, 3.05) is 0 Å². The Morgan fingerprint density at radius 3 is 2.63 bits per heavy atom. The number of halogens is 2. The van der Waals surface area contributed by atoms with Gasteiger partial charge in [-0.3, -0.25) is 0 Å². The molecular weight excluding hydrogens is 328 g/mol. The van der Waals surface area contributed by atoms with Crippen molar-refractivity contribution in [1.82, 2.24) is 14.8 Å². The summed E-state index contributed by atoms with van der Waals surface area (Å²) < 4.78 is 2.98. The molecule has 1 aromatic carbocycles. The average molecular weight is 344 g/mol. The van der Waals surface area contributed by atoms with Gasteiger partial charge in [0.15, 0.2) is 5.82 Å². The van der Waals surface area contributed by atoms with E-state index in [4.69, 9.17) is 17.3 Å². The Balaban J connectivity index is 2.51.